The molecule has 0 heterocycles. The Labute approximate surface area is 126 Å². The molecule has 0 aromatic carbocycles. The third-order valence-corrected chi connectivity index (χ3v) is 3.66. The Bertz CT molecular complexity index is 262. The number of hydrogen-bond donors (Lipinski definition) is 1. The van der Waals surface area contributed by atoms with Crippen LogP contribution in [0.1, 0.15) is 73.1 Å². The molecule has 0 aliphatic rings. The van der Waals surface area contributed by atoms with Crippen molar-refractivity contribution in [3.05, 3.63) is 0 Å². The smallest absolute Gasteiger partial charge is 0.104 e. The molecule has 0 aliphatic carbocycles. The molecule has 0 saturated carbocycles. The average Bonchev–Trinajstić information content (AvgIpc) is 2.40. The first kappa shape index (κ1) is 19.4. The second kappa shape index (κ2) is 11.1. The van der Waals surface area contributed by atoms with Gasteiger partial charge in [0.05, 0.1) is 6.07 Å². The quantitative estimate of drug-likeness (QED) is 0.589. The van der Waals surface area contributed by atoms with Gasteiger partial charge >= 0.3 is 0 Å². The predicted molar refractivity (Wildman–Crippen MR) is 87.8 cm³/mol. The summed E-state index contributed by atoms with van der Waals surface area (Å²) >= 11 is 0. The summed E-state index contributed by atoms with van der Waals surface area (Å²) in [6, 6.07) is 2.80. The monoisotopic (exact) mass is 281 g/mol. The average molecular weight is 281 g/mol. The number of nitriles is 1. The van der Waals surface area contributed by atoms with E-state index in [1.54, 1.807) is 0 Å². The van der Waals surface area contributed by atoms with E-state index < -0.39 is 0 Å². The van der Waals surface area contributed by atoms with Crippen LogP contribution in [0.5, 0.6) is 0 Å². The van der Waals surface area contributed by atoms with E-state index in [9.17, 15) is 5.26 Å². The standard InChI is InChI=1S/C17H35N3/c1-6-8-12-20(13-9-7-2)14-10-11-17(5,15-18)19-16(3)4/h16,19H,6-14H2,1-5H3. The maximum atomic E-state index is 9.36. The van der Waals surface area contributed by atoms with E-state index in [2.05, 4.69) is 44.0 Å². The minimum absolute atomic E-state index is 0.357. The zero-order chi connectivity index (χ0) is 15.4. The molecule has 0 saturated heterocycles. The summed E-state index contributed by atoms with van der Waals surface area (Å²) in [5, 5.41) is 12.7. The van der Waals surface area contributed by atoms with E-state index >= 15 is 0 Å². The highest BCUT2D eigenvalue weighted by Crippen LogP contribution is 2.13. The van der Waals surface area contributed by atoms with Gasteiger partial charge in [0.1, 0.15) is 5.54 Å². The van der Waals surface area contributed by atoms with Gasteiger partial charge in [-0.25, -0.2) is 0 Å². The summed E-state index contributed by atoms with van der Waals surface area (Å²) in [5.41, 5.74) is -0.380. The maximum absolute atomic E-state index is 9.36. The third-order valence-electron chi connectivity index (χ3n) is 3.66. The van der Waals surface area contributed by atoms with Crippen molar-refractivity contribution in [1.29, 1.82) is 5.26 Å². The van der Waals surface area contributed by atoms with Crippen LogP contribution in [0.3, 0.4) is 0 Å². The first-order chi connectivity index (χ1) is 9.47. The third kappa shape index (κ3) is 9.34. The Morgan fingerprint density at radius 3 is 1.95 bits per heavy atom. The number of nitrogens with zero attached hydrogens (tertiary/aromatic N) is 2. The second-order valence-corrected chi connectivity index (χ2v) is 6.40. The lowest BCUT2D eigenvalue weighted by Gasteiger charge is -2.28. The van der Waals surface area contributed by atoms with E-state index in [1.807, 2.05) is 6.92 Å². The van der Waals surface area contributed by atoms with Crippen LogP contribution >= 0.6 is 0 Å². The molecule has 1 N–H and O–H groups in total. The molecule has 1 atom stereocenters. The van der Waals surface area contributed by atoms with Crippen molar-refractivity contribution in [2.45, 2.75) is 84.7 Å². The topological polar surface area (TPSA) is 39.1 Å². The van der Waals surface area contributed by atoms with Gasteiger partial charge in [-0.3, -0.25) is 5.32 Å². The van der Waals surface area contributed by atoms with Gasteiger partial charge in [-0.2, -0.15) is 5.26 Å². The maximum Gasteiger partial charge on any atom is 0.104 e. The van der Waals surface area contributed by atoms with Gasteiger partial charge in [0.25, 0.3) is 0 Å². The Morgan fingerprint density at radius 1 is 1.05 bits per heavy atom. The fourth-order valence-corrected chi connectivity index (χ4v) is 2.55. The molecule has 0 fully saturated rings. The summed E-state index contributed by atoms with van der Waals surface area (Å²) in [6.07, 6.45) is 7.10. The van der Waals surface area contributed by atoms with Crippen LogP contribution in [0.15, 0.2) is 0 Å². The molecule has 0 aliphatic heterocycles. The predicted octanol–water partition coefficient (Wildman–Crippen LogP) is 3.95. The SMILES string of the molecule is CCCCN(CCCC)CCCC(C)(C#N)NC(C)C. The normalized spacial score (nSPS) is 14.5. The lowest BCUT2D eigenvalue weighted by atomic mass is 9.96. The highest BCUT2D eigenvalue weighted by molar-refractivity contribution is 5.04. The Kier molecular flexibility index (Phi) is 10.8. The summed E-state index contributed by atoms with van der Waals surface area (Å²) in [4.78, 5) is 2.57. The molecule has 0 aromatic heterocycles. The van der Waals surface area contributed by atoms with Crippen molar-refractivity contribution in [3.8, 4) is 6.07 Å². The molecule has 118 valence electrons. The summed E-state index contributed by atoms with van der Waals surface area (Å²) in [5.74, 6) is 0. The number of rotatable bonds is 12. The van der Waals surface area contributed by atoms with E-state index in [4.69, 9.17) is 0 Å². The van der Waals surface area contributed by atoms with Crippen LogP contribution in [0.4, 0.5) is 0 Å². The van der Waals surface area contributed by atoms with Crippen molar-refractivity contribution in [1.82, 2.24) is 10.2 Å². The lowest BCUT2D eigenvalue weighted by molar-refractivity contribution is 0.248. The zero-order valence-electron chi connectivity index (χ0n) is 14.3. The van der Waals surface area contributed by atoms with Gasteiger partial charge < -0.3 is 4.90 Å². The van der Waals surface area contributed by atoms with Gasteiger partial charge in [-0.1, -0.05) is 26.7 Å². The molecule has 0 radical (unpaired) electrons. The summed E-state index contributed by atoms with van der Waals surface area (Å²) < 4.78 is 0. The van der Waals surface area contributed by atoms with Crippen molar-refractivity contribution in [3.63, 3.8) is 0 Å². The van der Waals surface area contributed by atoms with E-state index in [0.717, 1.165) is 19.4 Å². The first-order valence-electron chi connectivity index (χ1n) is 8.38. The van der Waals surface area contributed by atoms with E-state index in [0.29, 0.717) is 6.04 Å². The summed E-state index contributed by atoms with van der Waals surface area (Å²) in [7, 11) is 0. The van der Waals surface area contributed by atoms with Crippen LogP contribution in [0.25, 0.3) is 0 Å². The molecule has 0 spiro atoms. The van der Waals surface area contributed by atoms with Crippen LogP contribution in [0.2, 0.25) is 0 Å². The molecule has 0 aromatic rings. The largest absolute Gasteiger partial charge is 0.303 e. The molecule has 0 bridgehead atoms. The number of nitrogens with one attached hydrogen (secondary N) is 1. The van der Waals surface area contributed by atoms with Crippen LogP contribution in [-0.4, -0.2) is 36.1 Å². The molecule has 3 heteroatoms. The first-order valence-corrected chi connectivity index (χ1v) is 8.38. The Morgan fingerprint density at radius 2 is 1.55 bits per heavy atom. The Balaban J connectivity index is 4.15. The molecule has 20 heavy (non-hydrogen) atoms. The van der Waals surface area contributed by atoms with Crippen molar-refractivity contribution >= 4 is 0 Å². The van der Waals surface area contributed by atoms with Gasteiger partial charge in [0, 0.05) is 6.04 Å². The lowest BCUT2D eigenvalue weighted by Crippen LogP contribution is -2.45. The van der Waals surface area contributed by atoms with E-state index in [-0.39, 0.29) is 5.54 Å². The van der Waals surface area contributed by atoms with Gasteiger partial charge in [0.2, 0.25) is 0 Å². The minimum atomic E-state index is -0.380. The van der Waals surface area contributed by atoms with Gasteiger partial charge in [0.15, 0.2) is 0 Å². The van der Waals surface area contributed by atoms with E-state index in [1.165, 1.54) is 38.8 Å². The van der Waals surface area contributed by atoms with Crippen molar-refractivity contribution in [2.24, 2.45) is 0 Å². The highest BCUT2D eigenvalue weighted by atomic mass is 15.1. The van der Waals surface area contributed by atoms with Crippen LogP contribution in [0, 0.1) is 11.3 Å². The van der Waals surface area contributed by atoms with Gasteiger partial charge in [-0.15, -0.1) is 0 Å². The van der Waals surface area contributed by atoms with Crippen LogP contribution < -0.4 is 5.32 Å². The second-order valence-electron chi connectivity index (χ2n) is 6.40. The fourth-order valence-electron chi connectivity index (χ4n) is 2.55. The molecule has 3 nitrogen and oxygen atoms in total. The minimum Gasteiger partial charge on any atom is -0.303 e. The highest BCUT2D eigenvalue weighted by Gasteiger charge is 2.23. The summed E-state index contributed by atoms with van der Waals surface area (Å²) in [6.45, 7) is 14.3. The molecular formula is C17H35N3. The molecule has 0 rings (SSSR count). The Hall–Kier alpha value is -0.590. The van der Waals surface area contributed by atoms with Crippen LogP contribution in [-0.2, 0) is 0 Å². The molecular weight excluding hydrogens is 246 g/mol. The molecule has 1 unspecified atom stereocenters. The van der Waals surface area contributed by atoms with Gasteiger partial charge in [-0.05, 0) is 66.1 Å². The zero-order valence-corrected chi connectivity index (χ0v) is 14.3. The number of hydrogen-bond acceptors (Lipinski definition) is 3. The fraction of sp³-hybridized carbons (Fsp3) is 0.941. The van der Waals surface area contributed by atoms with Crippen molar-refractivity contribution in [2.75, 3.05) is 19.6 Å². The number of unbranched alkanes of at least 4 members (excludes halogenated alkanes) is 2. The molecule has 0 amide bonds. The van der Waals surface area contributed by atoms with Crippen molar-refractivity contribution < 1.29 is 0 Å².